The first-order chi connectivity index (χ1) is 9.58. The van der Waals surface area contributed by atoms with Crippen molar-refractivity contribution in [2.75, 3.05) is 26.7 Å². The number of nitrogens with zero attached hydrogens (tertiary/aromatic N) is 1. The van der Waals surface area contributed by atoms with E-state index in [1.54, 1.807) is 0 Å². The van der Waals surface area contributed by atoms with Gasteiger partial charge in [-0.3, -0.25) is 4.90 Å². The van der Waals surface area contributed by atoms with E-state index in [0.717, 1.165) is 38.0 Å². The van der Waals surface area contributed by atoms with Crippen LogP contribution in [0.5, 0.6) is 11.5 Å². The van der Waals surface area contributed by atoms with Crippen molar-refractivity contribution in [3.8, 4) is 11.5 Å². The van der Waals surface area contributed by atoms with E-state index in [9.17, 15) is 5.11 Å². The lowest BCUT2D eigenvalue weighted by Crippen LogP contribution is -2.49. The Labute approximate surface area is 121 Å². The molecule has 0 saturated carbocycles. The maximum Gasteiger partial charge on any atom is 0.162 e. The van der Waals surface area contributed by atoms with E-state index in [1.165, 1.54) is 0 Å². The SMILES string of the molecule is CCOc1cccc(CN2CCC(C)(NC)CC2)c1O. The molecule has 1 aromatic carbocycles. The number of phenols is 1. The molecule has 112 valence electrons. The van der Waals surface area contributed by atoms with E-state index in [0.29, 0.717) is 12.4 Å². The molecule has 1 fully saturated rings. The quantitative estimate of drug-likeness (QED) is 0.868. The number of benzene rings is 1. The number of likely N-dealkylation sites (tertiary alicyclic amines) is 1. The van der Waals surface area contributed by atoms with E-state index in [1.807, 2.05) is 32.2 Å². The summed E-state index contributed by atoms with van der Waals surface area (Å²) in [5, 5.41) is 13.6. The summed E-state index contributed by atoms with van der Waals surface area (Å²) in [6.45, 7) is 7.66. The van der Waals surface area contributed by atoms with Crippen molar-refractivity contribution >= 4 is 0 Å². The van der Waals surface area contributed by atoms with Gasteiger partial charge in [-0.15, -0.1) is 0 Å². The van der Waals surface area contributed by atoms with Gasteiger partial charge >= 0.3 is 0 Å². The van der Waals surface area contributed by atoms with E-state index in [-0.39, 0.29) is 11.3 Å². The van der Waals surface area contributed by atoms with Crippen molar-refractivity contribution in [2.45, 2.75) is 38.8 Å². The van der Waals surface area contributed by atoms with Crippen molar-refractivity contribution in [3.05, 3.63) is 23.8 Å². The zero-order valence-electron chi connectivity index (χ0n) is 12.8. The summed E-state index contributed by atoms with van der Waals surface area (Å²) in [5.74, 6) is 0.873. The van der Waals surface area contributed by atoms with Crippen LogP contribution in [0.4, 0.5) is 0 Å². The van der Waals surface area contributed by atoms with Crippen molar-refractivity contribution in [2.24, 2.45) is 0 Å². The highest BCUT2D eigenvalue weighted by Gasteiger charge is 2.28. The Morgan fingerprint density at radius 1 is 1.35 bits per heavy atom. The molecule has 2 rings (SSSR count). The minimum absolute atomic E-state index is 0.256. The van der Waals surface area contributed by atoms with Gasteiger partial charge in [0.25, 0.3) is 0 Å². The molecule has 0 atom stereocenters. The second-order valence-corrected chi connectivity index (χ2v) is 5.78. The summed E-state index contributed by atoms with van der Waals surface area (Å²) < 4.78 is 5.44. The summed E-state index contributed by atoms with van der Waals surface area (Å²) in [6, 6.07) is 5.74. The molecule has 1 aromatic rings. The number of aromatic hydroxyl groups is 1. The van der Waals surface area contributed by atoms with Crippen LogP contribution in [0.25, 0.3) is 0 Å². The maximum absolute atomic E-state index is 10.2. The molecule has 0 amide bonds. The third kappa shape index (κ3) is 3.44. The first-order valence-corrected chi connectivity index (χ1v) is 7.43. The molecule has 4 nitrogen and oxygen atoms in total. The van der Waals surface area contributed by atoms with Crippen LogP contribution in [0, 0.1) is 0 Å². The zero-order valence-corrected chi connectivity index (χ0v) is 12.8. The first kappa shape index (κ1) is 15.1. The third-order valence-electron chi connectivity index (χ3n) is 4.34. The van der Waals surface area contributed by atoms with Gasteiger partial charge in [0.1, 0.15) is 0 Å². The Balaban J connectivity index is 1.99. The summed E-state index contributed by atoms with van der Waals surface area (Å²) >= 11 is 0. The van der Waals surface area contributed by atoms with Gasteiger partial charge in [0.2, 0.25) is 0 Å². The molecule has 4 heteroatoms. The highest BCUT2D eigenvalue weighted by atomic mass is 16.5. The second kappa shape index (κ2) is 6.46. The van der Waals surface area contributed by atoms with Gasteiger partial charge in [0.15, 0.2) is 11.5 Å². The minimum Gasteiger partial charge on any atom is -0.504 e. The third-order valence-corrected chi connectivity index (χ3v) is 4.34. The van der Waals surface area contributed by atoms with Crippen LogP contribution in [0.3, 0.4) is 0 Å². The monoisotopic (exact) mass is 278 g/mol. The average Bonchev–Trinajstić information content (AvgIpc) is 2.46. The Morgan fingerprint density at radius 3 is 2.65 bits per heavy atom. The smallest absolute Gasteiger partial charge is 0.162 e. The molecule has 1 heterocycles. The van der Waals surface area contributed by atoms with Crippen LogP contribution in [0.15, 0.2) is 18.2 Å². The highest BCUT2D eigenvalue weighted by molar-refractivity contribution is 5.45. The van der Waals surface area contributed by atoms with Crippen LogP contribution in [-0.2, 0) is 6.54 Å². The van der Waals surface area contributed by atoms with Crippen LogP contribution in [-0.4, -0.2) is 42.3 Å². The van der Waals surface area contributed by atoms with E-state index in [4.69, 9.17) is 4.74 Å². The van der Waals surface area contributed by atoms with Crippen molar-refractivity contribution in [1.29, 1.82) is 0 Å². The molecule has 1 aliphatic rings. The zero-order chi connectivity index (χ0) is 14.6. The van der Waals surface area contributed by atoms with E-state index < -0.39 is 0 Å². The summed E-state index contributed by atoms with van der Waals surface area (Å²) in [4.78, 5) is 2.39. The van der Waals surface area contributed by atoms with Gasteiger partial charge in [-0.05, 0) is 39.8 Å². The Bertz CT molecular complexity index is 440. The van der Waals surface area contributed by atoms with Gasteiger partial charge in [-0.1, -0.05) is 12.1 Å². The molecule has 0 aromatic heterocycles. The molecule has 20 heavy (non-hydrogen) atoms. The molecular weight excluding hydrogens is 252 g/mol. The molecule has 1 saturated heterocycles. The lowest BCUT2D eigenvalue weighted by molar-refractivity contribution is 0.145. The van der Waals surface area contributed by atoms with Crippen molar-refractivity contribution < 1.29 is 9.84 Å². The lowest BCUT2D eigenvalue weighted by atomic mass is 9.90. The van der Waals surface area contributed by atoms with Crippen LogP contribution < -0.4 is 10.1 Å². The van der Waals surface area contributed by atoms with Gasteiger partial charge in [0.05, 0.1) is 6.61 Å². The standard InChI is InChI=1S/C16H26N2O2/c1-4-20-14-7-5-6-13(15(14)19)12-18-10-8-16(2,17-3)9-11-18/h5-7,17,19H,4,8-12H2,1-3H3. The number of hydrogen-bond acceptors (Lipinski definition) is 4. The Hall–Kier alpha value is -1.26. The number of ether oxygens (including phenoxy) is 1. The van der Waals surface area contributed by atoms with Crippen molar-refractivity contribution in [3.63, 3.8) is 0 Å². The molecule has 0 unspecified atom stereocenters. The predicted octanol–water partition coefficient (Wildman–Crippen LogP) is 2.36. The summed E-state index contributed by atoms with van der Waals surface area (Å²) in [5.41, 5.74) is 1.20. The van der Waals surface area contributed by atoms with Gasteiger partial charge < -0.3 is 15.2 Å². The molecular formula is C16H26N2O2. The van der Waals surface area contributed by atoms with Gasteiger partial charge in [-0.2, -0.15) is 0 Å². The summed E-state index contributed by atoms with van der Waals surface area (Å²) in [6.07, 6.45) is 2.27. The fourth-order valence-corrected chi connectivity index (χ4v) is 2.66. The number of phenolic OH excluding ortho intramolecular Hbond substituents is 1. The average molecular weight is 278 g/mol. The molecule has 2 N–H and O–H groups in total. The number of piperidine rings is 1. The van der Waals surface area contributed by atoms with Crippen LogP contribution >= 0.6 is 0 Å². The molecule has 1 aliphatic heterocycles. The Morgan fingerprint density at radius 2 is 2.05 bits per heavy atom. The van der Waals surface area contributed by atoms with Gasteiger partial charge in [0, 0.05) is 30.7 Å². The topological polar surface area (TPSA) is 44.7 Å². The van der Waals surface area contributed by atoms with E-state index in [2.05, 4.69) is 17.1 Å². The number of nitrogens with one attached hydrogen (secondary N) is 1. The normalized spacial score (nSPS) is 18.9. The highest BCUT2D eigenvalue weighted by Crippen LogP contribution is 2.31. The number of para-hydroxylation sites is 1. The molecule has 0 aliphatic carbocycles. The fourth-order valence-electron chi connectivity index (χ4n) is 2.66. The Kier molecular flexibility index (Phi) is 4.89. The maximum atomic E-state index is 10.2. The van der Waals surface area contributed by atoms with Crippen molar-refractivity contribution in [1.82, 2.24) is 10.2 Å². The first-order valence-electron chi connectivity index (χ1n) is 7.43. The summed E-state index contributed by atoms with van der Waals surface area (Å²) in [7, 11) is 2.03. The number of rotatable bonds is 5. The van der Waals surface area contributed by atoms with E-state index >= 15 is 0 Å². The fraction of sp³-hybridized carbons (Fsp3) is 0.625. The lowest BCUT2D eigenvalue weighted by Gasteiger charge is -2.39. The molecule has 0 bridgehead atoms. The molecule has 0 spiro atoms. The minimum atomic E-state index is 0.256. The second-order valence-electron chi connectivity index (χ2n) is 5.78. The van der Waals surface area contributed by atoms with Gasteiger partial charge in [-0.25, -0.2) is 0 Å². The predicted molar refractivity (Wildman–Crippen MR) is 81.3 cm³/mol. The largest absolute Gasteiger partial charge is 0.504 e. The number of hydrogen-bond donors (Lipinski definition) is 2. The van der Waals surface area contributed by atoms with Crippen LogP contribution in [0.1, 0.15) is 32.3 Å². The van der Waals surface area contributed by atoms with Crippen LogP contribution in [0.2, 0.25) is 0 Å². The molecule has 0 radical (unpaired) electrons.